The van der Waals surface area contributed by atoms with Gasteiger partial charge in [0.2, 0.25) is 5.28 Å². The van der Waals surface area contributed by atoms with Gasteiger partial charge in [0.15, 0.2) is 0 Å². The van der Waals surface area contributed by atoms with Crippen LogP contribution in [-0.2, 0) is 6.54 Å². The van der Waals surface area contributed by atoms with E-state index < -0.39 is 0 Å². The van der Waals surface area contributed by atoms with Crippen LogP contribution >= 0.6 is 22.9 Å². The van der Waals surface area contributed by atoms with Crippen LogP contribution in [0.3, 0.4) is 0 Å². The number of piperazine rings is 1. The summed E-state index contributed by atoms with van der Waals surface area (Å²) in [6, 6.07) is 17.1. The maximum absolute atomic E-state index is 13.4. The topological polar surface area (TPSA) is 32.3 Å². The Bertz CT molecular complexity index is 1160. The Morgan fingerprint density at radius 1 is 0.933 bits per heavy atom. The Kier molecular flexibility index (Phi) is 5.37. The number of halogens is 2. The molecule has 4 aromatic rings. The van der Waals surface area contributed by atoms with Gasteiger partial charge in [0, 0.05) is 43.7 Å². The van der Waals surface area contributed by atoms with E-state index in [4.69, 9.17) is 11.6 Å². The quantitative estimate of drug-likeness (QED) is 0.395. The standard InChI is InChI=1S/C23H20ClFN4S/c24-23-26-21(29-12-10-28(11-13-29)14-16-4-2-1-3-5-16)20-19(15-30-22(20)27-23)17-6-8-18(25)9-7-17/h1-9,15H,10-14H2. The zero-order valence-electron chi connectivity index (χ0n) is 16.3. The zero-order chi connectivity index (χ0) is 20.5. The van der Waals surface area contributed by atoms with E-state index in [0.717, 1.165) is 59.9 Å². The first kappa shape index (κ1) is 19.4. The summed E-state index contributed by atoms with van der Waals surface area (Å²) in [5.74, 6) is 0.622. The van der Waals surface area contributed by atoms with Crippen molar-refractivity contribution in [3.63, 3.8) is 0 Å². The van der Waals surface area contributed by atoms with Crippen LogP contribution < -0.4 is 4.90 Å². The monoisotopic (exact) mass is 438 g/mol. The Morgan fingerprint density at radius 2 is 1.67 bits per heavy atom. The molecule has 2 aromatic heterocycles. The molecule has 3 heterocycles. The van der Waals surface area contributed by atoms with E-state index in [1.165, 1.54) is 17.7 Å². The van der Waals surface area contributed by atoms with Gasteiger partial charge in [-0.15, -0.1) is 11.3 Å². The molecule has 1 fully saturated rings. The van der Waals surface area contributed by atoms with Gasteiger partial charge in [-0.05, 0) is 34.9 Å². The molecular weight excluding hydrogens is 419 g/mol. The Morgan fingerprint density at radius 3 is 2.40 bits per heavy atom. The van der Waals surface area contributed by atoms with Crippen molar-refractivity contribution in [1.82, 2.24) is 14.9 Å². The molecule has 30 heavy (non-hydrogen) atoms. The number of benzene rings is 2. The third kappa shape index (κ3) is 3.90. The van der Waals surface area contributed by atoms with Crippen LogP contribution in [0.25, 0.3) is 21.3 Å². The van der Waals surface area contributed by atoms with Crippen LogP contribution in [0.2, 0.25) is 5.28 Å². The molecule has 0 radical (unpaired) electrons. The number of thiophene rings is 1. The van der Waals surface area contributed by atoms with E-state index in [0.29, 0.717) is 0 Å². The second-order valence-electron chi connectivity index (χ2n) is 7.40. The molecule has 0 N–H and O–H groups in total. The summed E-state index contributed by atoms with van der Waals surface area (Å²) in [5, 5.41) is 3.31. The Balaban J connectivity index is 1.43. The fraction of sp³-hybridized carbons (Fsp3) is 0.217. The summed E-state index contributed by atoms with van der Waals surface area (Å²) in [4.78, 5) is 14.6. The van der Waals surface area contributed by atoms with Crippen molar-refractivity contribution in [2.75, 3.05) is 31.1 Å². The fourth-order valence-corrected chi connectivity index (χ4v) is 5.08. The van der Waals surface area contributed by atoms with E-state index in [1.807, 2.05) is 6.07 Å². The second kappa shape index (κ2) is 8.30. The zero-order valence-corrected chi connectivity index (χ0v) is 17.8. The first-order chi connectivity index (χ1) is 14.7. The van der Waals surface area contributed by atoms with E-state index in [9.17, 15) is 4.39 Å². The van der Waals surface area contributed by atoms with Crippen LogP contribution in [0.4, 0.5) is 10.2 Å². The number of hydrogen-bond acceptors (Lipinski definition) is 5. The number of rotatable bonds is 4. The minimum absolute atomic E-state index is 0.243. The first-order valence-corrected chi connectivity index (χ1v) is 11.1. The smallest absolute Gasteiger partial charge is 0.225 e. The number of aromatic nitrogens is 2. The number of fused-ring (bicyclic) bond motifs is 1. The molecule has 0 aliphatic carbocycles. The molecule has 0 unspecified atom stereocenters. The number of nitrogens with zero attached hydrogens (tertiary/aromatic N) is 4. The van der Waals surface area contributed by atoms with Gasteiger partial charge in [0.05, 0.1) is 5.39 Å². The molecule has 5 rings (SSSR count). The highest BCUT2D eigenvalue weighted by molar-refractivity contribution is 7.17. The van der Waals surface area contributed by atoms with E-state index in [-0.39, 0.29) is 11.1 Å². The molecule has 0 spiro atoms. The van der Waals surface area contributed by atoms with Gasteiger partial charge in [0.25, 0.3) is 0 Å². The van der Waals surface area contributed by atoms with Crippen LogP contribution in [0.5, 0.6) is 0 Å². The molecule has 0 saturated carbocycles. The minimum Gasteiger partial charge on any atom is -0.353 e. The lowest BCUT2D eigenvalue weighted by Gasteiger charge is -2.35. The molecule has 152 valence electrons. The van der Waals surface area contributed by atoms with Gasteiger partial charge in [-0.3, -0.25) is 4.90 Å². The predicted molar refractivity (Wildman–Crippen MR) is 122 cm³/mol. The Hall–Kier alpha value is -2.54. The van der Waals surface area contributed by atoms with E-state index in [1.54, 1.807) is 23.5 Å². The molecule has 2 aromatic carbocycles. The van der Waals surface area contributed by atoms with Crippen molar-refractivity contribution in [3.05, 3.63) is 76.6 Å². The number of hydrogen-bond donors (Lipinski definition) is 0. The molecule has 7 heteroatoms. The molecule has 4 nitrogen and oxygen atoms in total. The van der Waals surface area contributed by atoms with Gasteiger partial charge < -0.3 is 4.90 Å². The molecule has 0 atom stereocenters. The first-order valence-electron chi connectivity index (χ1n) is 9.89. The van der Waals surface area contributed by atoms with Crippen molar-refractivity contribution in [2.24, 2.45) is 0 Å². The molecule has 0 amide bonds. The summed E-state index contributed by atoms with van der Waals surface area (Å²) in [5.41, 5.74) is 3.31. The SMILES string of the molecule is Fc1ccc(-c2csc3nc(Cl)nc(N4CCN(Cc5ccccc5)CC4)c23)cc1. The minimum atomic E-state index is -0.243. The average Bonchev–Trinajstić information content (AvgIpc) is 3.19. The van der Waals surface area contributed by atoms with Gasteiger partial charge in [-0.1, -0.05) is 42.5 Å². The highest BCUT2D eigenvalue weighted by atomic mass is 35.5. The lowest BCUT2D eigenvalue weighted by atomic mass is 10.1. The fourth-order valence-electron chi connectivity index (χ4n) is 3.93. The van der Waals surface area contributed by atoms with E-state index in [2.05, 4.69) is 49.4 Å². The van der Waals surface area contributed by atoms with E-state index >= 15 is 0 Å². The summed E-state index contributed by atoms with van der Waals surface area (Å²) < 4.78 is 13.4. The van der Waals surface area contributed by atoms with Gasteiger partial charge in [0.1, 0.15) is 16.5 Å². The molecule has 1 aliphatic heterocycles. The van der Waals surface area contributed by atoms with Gasteiger partial charge in [-0.25, -0.2) is 9.37 Å². The summed E-state index contributed by atoms with van der Waals surface area (Å²) >= 11 is 7.79. The molecule has 1 aliphatic rings. The normalized spacial score (nSPS) is 15.1. The molecular formula is C23H20ClFN4S. The highest BCUT2D eigenvalue weighted by Crippen LogP contribution is 2.39. The molecule has 0 bridgehead atoms. The third-order valence-electron chi connectivity index (χ3n) is 5.46. The van der Waals surface area contributed by atoms with Crippen molar-refractivity contribution in [3.8, 4) is 11.1 Å². The summed E-state index contributed by atoms with van der Waals surface area (Å²) in [6.45, 7) is 4.60. The number of anilines is 1. The van der Waals surface area contributed by atoms with Crippen LogP contribution in [0.15, 0.2) is 60.0 Å². The Labute approximate surface area is 183 Å². The largest absolute Gasteiger partial charge is 0.353 e. The van der Waals surface area contributed by atoms with Crippen LogP contribution in [-0.4, -0.2) is 41.0 Å². The average molecular weight is 439 g/mol. The predicted octanol–water partition coefficient (Wildman–Crippen LogP) is 5.47. The van der Waals surface area contributed by atoms with Crippen LogP contribution in [0.1, 0.15) is 5.56 Å². The van der Waals surface area contributed by atoms with Gasteiger partial charge in [-0.2, -0.15) is 4.98 Å². The maximum atomic E-state index is 13.4. The van der Waals surface area contributed by atoms with Crippen molar-refractivity contribution in [1.29, 1.82) is 0 Å². The lowest BCUT2D eigenvalue weighted by molar-refractivity contribution is 0.249. The van der Waals surface area contributed by atoms with Crippen molar-refractivity contribution < 1.29 is 4.39 Å². The second-order valence-corrected chi connectivity index (χ2v) is 8.60. The van der Waals surface area contributed by atoms with Crippen molar-refractivity contribution in [2.45, 2.75) is 6.54 Å². The third-order valence-corrected chi connectivity index (χ3v) is 6.50. The van der Waals surface area contributed by atoms with Crippen LogP contribution in [0, 0.1) is 5.82 Å². The summed E-state index contributed by atoms with van der Waals surface area (Å²) in [6.07, 6.45) is 0. The van der Waals surface area contributed by atoms with Crippen molar-refractivity contribution >= 4 is 39.0 Å². The maximum Gasteiger partial charge on any atom is 0.225 e. The molecule has 1 saturated heterocycles. The van der Waals surface area contributed by atoms with Gasteiger partial charge >= 0.3 is 0 Å². The summed E-state index contributed by atoms with van der Waals surface area (Å²) in [7, 11) is 0. The highest BCUT2D eigenvalue weighted by Gasteiger charge is 2.23. The lowest BCUT2D eigenvalue weighted by Crippen LogP contribution is -2.46.